The first-order chi connectivity index (χ1) is 13.0. The number of nitrogens with one attached hydrogen (secondary N) is 1. The van der Waals surface area contributed by atoms with Crippen LogP contribution in [0.1, 0.15) is 25.0 Å². The monoisotopic (exact) mass is 390 g/mol. The Bertz CT molecular complexity index is 914. The predicted molar refractivity (Wildman–Crippen MR) is 102 cm³/mol. The molecule has 8 heteroatoms. The summed E-state index contributed by atoms with van der Waals surface area (Å²) in [5.74, 6) is 0.413. The van der Waals surface area contributed by atoms with Gasteiger partial charge in [0.1, 0.15) is 16.4 Å². The number of hydrogen-bond donors (Lipinski definition) is 1. The summed E-state index contributed by atoms with van der Waals surface area (Å²) in [6.07, 6.45) is 7.08. The van der Waals surface area contributed by atoms with Crippen molar-refractivity contribution in [3.8, 4) is 5.75 Å². The lowest BCUT2D eigenvalue weighted by Crippen LogP contribution is -2.35. The molecule has 1 aromatic heterocycles. The molecule has 1 fully saturated rings. The van der Waals surface area contributed by atoms with Crippen molar-refractivity contribution in [1.82, 2.24) is 4.31 Å². The second kappa shape index (κ2) is 8.41. The van der Waals surface area contributed by atoms with E-state index in [2.05, 4.69) is 5.32 Å². The van der Waals surface area contributed by atoms with E-state index in [1.54, 1.807) is 24.3 Å². The molecule has 0 unspecified atom stereocenters. The van der Waals surface area contributed by atoms with Crippen LogP contribution in [0.2, 0.25) is 0 Å². The summed E-state index contributed by atoms with van der Waals surface area (Å²) in [6.45, 7) is 0.988. The van der Waals surface area contributed by atoms with Gasteiger partial charge in [0.2, 0.25) is 15.9 Å². The van der Waals surface area contributed by atoms with Crippen molar-refractivity contribution in [2.24, 2.45) is 0 Å². The number of ether oxygens (including phenoxy) is 1. The molecule has 7 nitrogen and oxygen atoms in total. The average Bonchev–Trinajstić information content (AvgIpc) is 3.21. The third kappa shape index (κ3) is 4.58. The Hall–Kier alpha value is -2.58. The van der Waals surface area contributed by atoms with Crippen molar-refractivity contribution < 1.29 is 22.4 Å². The minimum Gasteiger partial charge on any atom is -0.495 e. The third-order valence-electron chi connectivity index (χ3n) is 4.31. The molecule has 0 saturated carbocycles. The lowest BCUT2D eigenvalue weighted by molar-refractivity contribution is -0.111. The zero-order valence-corrected chi connectivity index (χ0v) is 15.9. The molecule has 144 valence electrons. The van der Waals surface area contributed by atoms with Crippen molar-refractivity contribution in [2.75, 3.05) is 25.5 Å². The van der Waals surface area contributed by atoms with Crippen molar-refractivity contribution in [3.05, 3.63) is 48.4 Å². The number of rotatable bonds is 6. The molecule has 0 atom stereocenters. The van der Waals surface area contributed by atoms with Crippen molar-refractivity contribution in [2.45, 2.75) is 24.2 Å². The summed E-state index contributed by atoms with van der Waals surface area (Å²) < 4.78 is 37.8. The molecular formula is C19H22N2O5S. The Morgan fingerprint density at radius 1 is 1.22 bits per heavy atom. The van der Waals surface area contributed by atoms with Gasteiger partial charge < -0.3 is 14.5 Å². The molecule has 2 aromatic rings. The number of amides is 1. The highest BCUT2D eigenvalue weighted by molar-refractivity contribution is 7.89. The SMILES string of the molecule is COc1ccc(NC(=O)/C=C/c2ccco2)cc1S(=O)(=O)N1CCCCC1. The molecule has 2 heterocycles. The molecule has 0 radical (unpaired) electrons. The molecule has 1 amide bonds. The van der Waals surface area contributed by atoms with Crippen LogP contribution >= 0.6 is 0 Å². The topological polar surface area (TPSA) is 88.8 Å². The Kier molecular flexibility index (Phi) is 5.98. The zero-order chi connectivity index (χ0) is 19.3. The van der Waals surface area contributed by atoms with E-state index in [4.69, 9.17) is 9.15 Å². The fraction of sp³-hybridized carbons (Fsp3) is 0.316. The number of carbonyl (C=O) groups is 1. The summed E-state index contributed by atoms with van der Waals surface area (Å²) in [7, 11) is -2.26. The van der Waals surface area contributed by atoms with E-state index in [0.717, 1.165) is 19.3 Å². The Balaban J connectivity index is 1.81. The Labute approximate surface area is 158 Å². The second-order valence-electron chi connectivity index (χ2n) is 6.17. The number of methoxy groups -OCH3 is 1. The molecule has 1 saturated heterocycles. The van der Waals surface area contributed by atoms with Crippen LogP contribution in [-0.2, 0) is 14.8 Å². The van der Waals surface area contributed by atoms with Crippen LogP contribution in [0.15, 0.2) is 52.0 Å². The van der Waals surface area contributed by atoms with Gasteiger partial charge in [0.05, 0.1) is 13.4 Å². The molecule has 0 spiro atoms. The Morgan fingerprint density at radius 2 is 2.00 bits per heavy atom. The first-order valence-electron chi connectivity index (χ1n) is 8.71. The number of piperidine rings is 1. The fourth-order valence-electron chi connectivity index (χ4n) is 2.93. The maximum absolute atomic E-state index is 13.0. The van der Waals surface area contributed by atoms with Gasteiger partial charge in [0, 0.05) is 24.9 Å². The van der Waals surface area contributed by atoms with Crippen LogP contribution in [0.25, 0.3) is 6.08 Å². The number of anilines is 1. The van der Waals surface area contributed by atoms with Gasteiger partial charge in [-0.15, -0.1) is 0 Å². The number of hydrogen-bond acceptors (Lipinski definition) is 5. The van der Waals surface area contributed by atoms with Crippen molar-refractivity contribution in [1.29, 1.82) is 0 Å². The van der Waals surface area contributed by atoms with E-state index in [1.165, 1.54) is 35.9 Å². The van der Waals surface area contributed by atoms with E-state index in [1.807, 2.05) is 0 Å². The van der Waals surface area contributed by atoms with E-state index < -0.39 is 15.9 Å². The van der Waals surface area contributed by atoms with Gasteiger partial charge in [-0.1, -0.05) is 6.42 Å². The van der Waals surface area contributed by atoms with Gasteiger partial charge in [-0.3, -0.25) is 4.79 Å². The van der Waals surface area contributed by atoms with E-state index in [-0.39, 0.29) is 10.6 Å². The molecule has 1 aliphatic rings. The number of benzene rings is 1. The first-order valence-corrected chi connectivity index (χ1v) is 10.2. The molecular weight excluding hydrogens is 368 g/mol. The largest absolute Gasteiger partial charge is 0.495 e. The van der Waals surface area contributed by atoms with Crippen LogP contribution in [0, 0.1) is 0 Å². The van der Waals surface area contributed by atoms with Crippen LogP contribution in [0.4, 0.5) is 5.69 Å². The number of furan rings is 1. The summed E-state index contributed by atoms with van der Waals surface area (Å²) in [5, 5.41) is 2.67. The lowest BCUT2D eigenvalue weighted by Gasteiger charge is -2.26. The van der Waals surface area contributed by atoms with Crippen LogP contribution in [-0.4, -0.2) is 38.8 Å². The number of sulfonamides is 1. The number of nitrogens with zero attached hydrogens (tertiary/aromatic N) is 1. The van der Waals surface area contributed by atoms with Crippen LogP contribution < -0.4 is 10.1 Å². The van der Waals surface area contributed by atoms with Gasteiger partial charge in [-0.2, -0.15) is 4.31 Å². The highest BCUT2D eigenvalue weighted by Gasteiger charge is 2.29. The molecule has 27 heavy (non-hydrogen) atoms. The Morgan fingerprint density at radius 3 is 2.67 bits per heavy atom. The van der Waals surface area contributed by atoms with Crippen LogP contribution in [0.3, 0.4) is 0 Å². The summed E-state index contributed by atoms with van der Waals surface area (Å²) in [6, 6.07) is 8.02. The molecule has 3 rings (SSSR count). The van der Waals surface area contributed by atoms with E-state index >= 15 is 0 Å². The zero-order valence-electron chi connectivity index (χ0n) is 15.1. The molecule has 0 bridgehead atoms. The third-order valence-corrected chi connectivity index (χ3v) is 6.23. The maximum Gasteiger partial charge on any atom is 0.248 e. The lowest BCUT2D eigenvalue weighted by atomic mass is 10.2. The highest BCUT2D eigenvalue weighted by atomic mass is 32.2. The van der Waals surface area contributed by atoms with Gasteiger partial charge in [-0.05, 0) is 49.2 Å². The van der Waals surface area contributed by atoms with Gasteiger partial charge in [0.15, 0.2) is 0 Å². The molecule has 1 N–H and O–H groups in total. The van der Waals surface area contributed by atoms with E-state index in [9.17, 15) is 13.2 Å². The molecule has 0 aliphatic carbocycles. The average molecular weight is 390 g/mol. The number of carbonyl (C=O) groups excluding carboxylic acids is 1. The summed E-state index contributed by atoms with van der Waals surface area (Å²) >= 11 is 0. The second-order valence-corrected chi connectivity index (χ2v) is 8.07. The van der Waals surface area contributed by atoms with Gasteiger partial charge in [-0.25, -0.2) is 8.42 Å². The van der Waals surface area contributed by atoms with Gasteiger partial charge >= 0.3 is 0 Å². The summed E-state index contributed by atoms with van der Waals surface area (Å²) in [5.41, 5.74) is 0.375. The van der Waals surface area contributed by atoms with Crippen molar-refractivity contribution in [3.63, 3.8) is 0 Å². The normalized spacial score (nSPS) is 15.7. The molecule has 1 aromatic carbocycles. The maximum atomic E-state index is 13.0. The highest BCUT2D eigenvalue weighted by Crippen LogP contribution is 2.31. The van der Waals surface area contributed by atoms with Crippen molar-refractivity contribution >= 4 is 27.7 Å². The smallest absolute Gasteiger partial charge is 0.248 e. The quantitative estimate of drug-likeness (QED) is 0.766. The summed E-state index contributed by atoms with van der Waals surface area (Å²) in [4.78, 5) is 12.1. The first kappa shape index (κ1) is 19.2. The van der Waals surface area contributed by atoms with Crippen LogP contribution in [0.5, 0.6) is 5.75 Å². The minimum atomic E-state index is -3.69. The van der Waals surface area contributed by atoms with E-state index in [0.29, 0.717) is 24.5 Å². The van der Waals surface area contributed by atoms with Gasteiger partial charge in [0.25, 0.3) is 0 Å². The minimum absolute atomic E-state index is 0.0553. The molecule has 1 aliphatic heterocycles. The predicted octanol–water partition coefficient (Wildman–Crippen LogP) is 3.11. The standard InChI is InChI=1S/C19H22N2O5S/c1-25-17-9-7-15(20-19(22)10-8-16-6-5-13-26-16)14-18(17)27(23,24)21-11-3-2-4-12-21/h5-10,13-14H,2-4,11-12H2,1H3,(H,20,22)/b10-8+. The fourth-order valence-corrected chi connectivity index (χ4v) is 4.63.